The van der Waals surface area contributed by atoms with E-state index in [1.165, 1.54) is 16.9 Å². The summed E-state index contributed by atoms with van der Waals surface area (Å²) in [4.78, 5) is 22.8. The molecule has 1 aromatic heterocycles. The van der Waals surface area contributed by atoms with Gasteiger partial charge >= 0.3 is 5.97 Å². The molecule has 6 heteroatoms. The Balaban J connectivity index is 1.88. The van der Waals surface area contributed by atoms with Gasteiger partial charge in [-0.05, 0) is 18.6 Å². The Hall–Kier alpha value is -2.63. The van der Waals surface area contributed by atoms with Crippen molar-refractivity contribution in [2.75, 3.05) is 0 Å². The zero-order valence-corrected chi connectivity index (χ0v) is 11.7. The van der Waals surface area contributed by atoms with Crippen molar-refractivity contribution >= 4 is 11.9 Å². The standard InChI is InChI=1S/C15H17N3O3/c1-11(12-5-3-2-4-6-12)17-14(19)8-10-18-13(15(20)21)7-9-16-18/h2-7,9,11H,8,10H2,1H3,(H,17,19)(H,20,21). The largest absolute Gasteiger partial charge is 0.477 e. The van der Waals surface area contributed by atoms with Crippen molar-refractivity contribution in [3.05, 3.63) is 53.9 Å². The van der Waals surface area contributed by atoms with Gasteiger partial charge in [-0.2, -0.15) is 5.10 Å². The molecule has 1 amide bonds. The fourth-order valence-corrected chi connectivity index (χ4v) is 2.04. The lowest BCUT2D eigenvalue weighted by molar-refractivity contribution is -0.122. The highest BCUT2D eigenvalue weighted by Gasteiger charge is 2.13. The van der Waals surface area contributed by atoms with Crippen LogP contribution in [0.25, 0.3) is 0 Å². The number of nitrogens with zero attached hydrogens (tertiary/aromatic N) is 2. The second-order valence-electron chi connectivity index (χ2n) is 4.69. The molecular weight excluding hydrogens is 270 g/mol. The summed E-state index contributed by atoms with van der Waals surface area (Å²) in [6, 6.07) is 11.0. The Kier molecular flexibility index (Phi) is 4.71. The van der Waals surface area contributed by atoms with E-state index in [0.717, 1.165) is 5.56 Å². The Morgan fingerprint density at radius 3 is 2.67 bits per heavy atom. The molecular formula is C15H17N3O3. The van der Waals surface area contributed by atoms with E-state index in [4.69, 9.17) is 5.11 Å². The summed E-state index contributed by atoms with van der Waals surface area (Å²) in [5.41, 5.74) is 1.11. The fourth-order valence-electron chi connectivity index (χ4n) is 2.04. The van der Waals surface area contributed by atoms with Crippen molar-refractivity contribution in [1.29, 1.82) is 0 Å². The van der Waals surface area contributed by atoms with E-state index >= 15 is 0 Å². The highest BCUT2D eigenvalue weighted by Crippen LogP contribution is 2.11. The Morgan fingerprint density at radius 2 is 2.00 bits per heavy atom. The molecule has 2 N–H and O–H groups in total. The maximum atomic E-state index is 11.9. The number of benzene rings is 1. The number of hydrogen-bond acceptors (Lipinski definition) is 3. The van der Waals surface area contributed by atoms with Crippen LogP contribution in [-0.2, 0) is 11.3 Å². The van der Waals surface area contributed by atoms with Crippen LogP contribution >= 0.6 is 0 Å². The monoisotopic (exact) mass is 287 g/mol. The van der Waals surface area contributed by atoms with Gasteiger partial charge in [0.15, 0.2) is 0 Å². The summed E-state index contributed by atoms with van der Waals surface area (Å²) >= 11 is 0. The lowest BCUT2D eigenvalue weighted by Gasteiger charge is -2.14. The molecule has 110 valence electrons. The Labute approximate surface area is 122 Å². The van der Waals surface area contributed by atoms with Gasteiger partial charge in [0.1, 0.15) is 5.69 Å². The number of carboxylic acids is 1. The first-order chi connectivity index (χ1) is 10.1. The van der Waals surface area contributed by atoms with Crippen molar-refractivity contribution in [3.63, 3.8) is 0 Å². The quantitative estimate of drug-likeness (QED) is 0.849. The van der Waals surface area contributed by atoms with Gasteiger partial charge in [-0.1, -0.05) is 30.3 Å². The summed E-state index contributed by atoms with van der Waals surface area (Å²) in [5.74, 6) is -1.19. The van der Waals surface area contributed by atoms with Crippen LogP contribution in [0.1, 0.15) is 35.4 Å². The number of aromatic nitrogens is 2. The third-order valence-electron chi connectivity index (χ3n) is 3.16. The van der Waals surface area contributed by atoms with Crippen LogP contribution in [0.3, 0.4) is 0 Å². The Morgan fingerprint density at radius 1 is 1.29 bits per heavy atom. The highest BCUT2D eigenvalue weighted by atomic mass is 16.4. The van der Waals surface area contributed by atoms with Gasteiger partial charge in [0.05, 0.1) is 12.6 Å². The van der Waals surface area contributed by atoms with Crippen molar-refractivity contribution in [2.45, 2.75) is 25.9 Å². The molecule has 2 rings (SSSR count). The lowest BCUT2D eigenvalue weighted by Crippen LogP contribution is -2.28. The van der Waals surface area contributed by atoms with Crippen LogP contribution in [-0.4, -0.2) is 26.8 Å². The minimum Gasteiger partial charge on any atom is -0.477 e. The molecule has 1 unspecified atom stereocenters. The number of carboxylic acid groups (broad SMARTS) is 1. The van der Waals surface area contributed by atoms with E-state index < -0.39 is 5.97 Å². The third kappa shape index (κ3) is 3.92. The zero-order chi connectivity index (χ0) is 15.2. The molecule has 0 fully saturated rings. The maximum absolute atomic E-state index is 11.9. The average Bonchev–Trinajstić information content (AvgIpc) is 2.94. The predicted molar refractivity (Wildman–Crippen MR) is 76.8 cm³/mol. The number of amides is 1. The van der Waals surface area contributed by atoms with Gasteiger partial charge < -0.3 is 10.4 Å². The van der Waals surface area contributed by atoms with E-state index in [2.05, 4.69) is 10.4 Å². The zero-order valence-electron chi connectivity index (χ0n) is 11.7. The summed E-state index contributed by atoms with van der Waals surface area (Å²) in [5, 5.41) is 15.7. The SMILES string of the molecule is CC(NC(=O)CCn1nccc1C(=O)O)c1ccccc1. The maximum Gasteiger partial charge on any atom is 0.354 e. The van der Waals surface area contributed by atoms with Gasteiger partial charge in [-0.15, -0.1) is 0 Å². The topological polar surface area (TPSA) is 84.2 Å². The van der Waals surface area contributed by atoms with Crippen LogP contribution in [0.15, 0.2) is 42.6 Å². The fraction of sp³-hybridized carbons (Fsp3) is 0.267. The molecule has 6 nitrogen and oxygen atoms in total. The minimum atomic E-state index is -1.05. The first kappa shape index (κ1) is 14.8. The van der Waals surface area contributed by atoms with E-state index in [0.29, 0.717) is 0 Å². The Bertz CT molecular complexity index is 622. The first-order valence-electron chi connectivity index (χ1n) is 6.67. The number of nitrogens with one attached hydrogen (secondary N) is 1. The summed E-state index contributed by atoms with van der Waals surface area (Å²) in [7, 11) is 0. The molecule has 2 aromatic rings. The molecule has 0 aliphatic rings. The first-order valence-corrected chi connectivity index (χ1v) is 6.67. The molecule has 0 aliphatic carbocycles. The van der Waals surface area contributed by atoms with Gasteiger partial charge in [-0.3, -0.25) is 9.48 Å². The van der Waals surface area contributed by atoms with E-state index in [9.17, 15) is 9.59 Å². The average molecular weight is 287 g/mol. The molecule has 21 heavy (non-hydrogen) atoms. The second kappa shape index (κ2) is 6.69. The number of hydrogen-bond donors (Lipinski definition) is 2. The summed E-state index contributed by atoms with van der Waals surface area (Å²) in [6.07, 6.45) is 1.59. The number of carbonyl (C=O) groups is 2. The van der Waals surface area contributed by atoms with E-state index in [1.54, 1.807) is 0 Å². The number of aryl methyl sites for hydroxylation is 1. The van der Waals surface area contributed by atoms with Gasteiger partial charge in [0, 0.05) is 12.6 Å². The van der Waals surface area contributed by atoms with Crippen molar-refractivity contribution in [3.8, 4) is 0 Å². The molecule has 1 heterocycles. The molecule has 0 aliphatic heterocycles. The van der Waals surface area contributed by atoms with Crippen LogP contribution in [0.5, 0.6) is 0 Å². The third-order valence-corrected chi connectivity index (χ3v) is 3.16. The van der Waals surface area contributed by atoms with Gasteiger partial charge in [0.25, 0.3) is 0 Å². The molecule has 0 saturated heterocycles. The van der Waals surface area contributed by atoms with Gasteiger partial charge in [-0.25, -0.2) is 4.79 Å². The number of rotatable bonds is 6. The van der Waals surface area contributed by atoms with Crippen LogP contribution in [0.4, 0.5) is 0 Å². The van der Waals surface area contributed by atoms with E-state index in [-0.39, 0.29) is 30.6 Å². The minimum absolute atomic E-state index is 0.0823. The molecule has 0 radical (unpaired) electrons. The smallest absolute Gasteiger partial charge is 0.354 e. The molecule has 1 atom stereocenters. The predicted octanol–water partition coefficient (Wildman–Crippen LogP) is 1.85. The molecule has 0 saturated carbocycles. The van der Waals surface area contributed by atoms with Crippen molar-refractivity contribution in [1.82, 2.24) is 15.1 Å². The highest BCUT2D eigenvalue weighted by molar-refractivity contribution is 5.85. The van der Waals surface area contributed by atoms with Gasteiger partial charge in [0.2, 0.25) is 5.91 Å². The van der Waals surface area contributed by atoms with Crippen LogP contribution in [0.2, 0.25) is 0 Å². The lowest BCUT2D eigenvalue weighted by atomic mass is 10.1. The number of carbonyl (C=O) groups excluding carboxylic acids is 1. The second-order valence-corrected chi connectivity index (χ2v) is 4.69. The molecule has 0 spiro atoms. The van der Waals surface area contributed by atoms with Crippen LogP contribution < -0.4 is 5.32 Å². The number of aromatic carboxylic acids is 1. The van der Waals surface area contributed by atoms with Crippen molar-refractivity contribution < 1.29 is 14.7 Å². The van der Waals surface area contributed by atoms with Crippen LogP contribution in [0, 0.1) is 0 Å². The van der Waals surface area contributed by atoms with E-state index in [1.807, 2.05) is 37.3 Å². The summed E-state index contributed by atoms with van der Waals surface area (Å²) in [6.45, 7) is 2.14. The molecule has 1 aromatic carbocycles. The molecule has 0 bridgehead atoms. The summed E-state index contributed by atoms with van der Waals surface area (Å²) < 4.78 is 1.31. The van der Waals surface area contributed by atoms with Crippen molar-refractivity contribution in [2.24, 2.45) is 0 Å². The normalized spacial score (nSPS) is 11.9.